The van der Waals surface area contributed by atoms with Crippen LogP contribution in [0.15, 0.2) is 78.9 Å². The number of carboxylic acids is 1. The fourth-order valence-electron chi connectivity index (χ4n) is 4.39. The van der Waals surface area contributed by atoms with Crippen LogP contribution in [-0.4, -0.2) is 58.0 Å². The number of carbonyl (C=O) groups is 4. The Labute approximate surface area is 223 Å². The number of hydrogen-bond acceptors (Lipinski definition) is 4. The molecular formula is C28H26F2N4O5. The number of nitrogens with zero attached hydrogens (tertiary/aromatic N) is 2. The summed E-state index contributed by atoms with van der Waals surface area (Å²) in [5, 5.41) is 14.6. The van der Waals surface area contributed by atoms with Crippen LogP contribution in [-0.2, 0) is 20.8 Å². The molecule has 39 heavy (non-hydrogen) atoms. The van der Waals surface area contributed by atoms with E-state index in [1.807, 2.05) is 0 Å². The number of halogens is 2. The van der Waals surface area contributed by atoms with Gasteiger partial charge in [-0.2, -0.15) is 0 Å². The maximum Gasteiger partial charge on any atom is 0.323 e. The molecule has 9 nitrogen and oxygen atoms in total. The molecule has 1 aliphatic heterocycles. The van der Waals surface area contributed by atoms with Crippen molar-refractivity contribution in [3.63, 3.8) is 0 Å². The molecule has 0 bridgehead atoms. The smallest absolute Gasteiger partial charge is 0.323 e. The lowest BCUT2D eigenvalue weighted by Crippen LogP contribution is -2.55. The molecule has 0 spiro atoms. The van der Waals surface area contributed by atoms with Crippen molar-refractivity contribution in [1.82, 2.24) is 15.1 Å². The third-order valence-corrected chi connectivity index (χ3v) is 6.23. The Morgan fingerprint density at radius 2 is 1.56 bits per heavy atom. The van der Waals surface area contributed by atoms with E-state index in [-0.39, 0.29) is 25.2 Å². The Bertz CT molecular complexity index is 1350. The van der Waals surface area contributed by atoms with Crippen LogP contribution in [0.4, 0.5) is 19.3 Å². The molecule has 11 heteroatoms. The molecule has 1 saturated heterocycles. The predicted molar refractivity (Wildman–Crippen MR) is 137 cm³/mol. The fraction of sp³-hybridized carbons (Fsp3) is 0.214. The van der Waals surface area contributed by atoms with Crippen molar-refractivity contribution in [2.45, 2.75) is 25.0 Å². The number of carboxylic acid groups (broad SMARTS) is 1. The van der Waals surface area contributed by atoms with Gasteiger partial charge < -0.3 is 20.6 Å². The largest absolute Gasteiger partial charge is 0.481 e. The van der Waals surface area contributed by atoms with E-state index in [2.05, 4.69) is 10.6 Å². The van der Waals surface area contributed by atoms with Crippen LogP contribution in [0, 0.1) is 11.6 Å². The highest BCUT2D eigenvalue weighted by molar-refractivity contribution is 5.96. The molecule has 0 radical (unpaired) electrons. The molecule has 202 valence electrons. The first-order valence-corrected chi connectivity index (χ1v) is 12.2. The van der Waals surface area contributed by atoms with Gasteiger partial charge in [0, 0.05) is 18.8 Å². The van der Waals surface area contributed by atoms with E-state index < -0.39 is 54.1 Å². The van der Waals surface area contributed by atoms with Gasteiger partial charge in [-0.25, -0.2) is 13.6 Å². The molecule has 2 atom stereocenters. The summed E-state index contributed by atoms with van der Waals surface area (Å²) in [6.07, 6.45) is -1.95. The quantitative estimate of drug-likeness (QED) is 0.407. The lowest BCUT2D eigenvalue weighted by atomic mass is 10.0. The number of nitrogens with one attached hydrogen (secondary N) is 2. The second-order valence-electron chi connectivity index (χ2n) is 8.97. The number of aliphatic carboxylic acids is 1. The molecule has 1 fully saturated rings. The van der Waals surface area contributed by atoms with Crippen molar-refractivity contribution < 1.29 is 33.1 Å². The van der Waals surface area contributed by atoms with Gasteiger partial charge in [-0.15, -0.1) is 0 Å². The van der Waals surface area contributed by atoms with Gasteiger partial charge in [0.25, 0.3) is 5.91 Å². The molecule has 0 saturated carbocycles. The van der Waals surface area contributed by atoms with E-state index in [9.17, 15) is 33.1 Å². The molecule has 1 aliphatic rings. The molecule has 3 N–H and O–H groups in total. The standard InChI is InChI=1S/C28H26F2N4O5/c29-20-11-9-19(10-12-20)23(17-25(36)37)32-26(38)27-33(24(35)15-18-5-2-1-3-6-18)13-14-34(27)28(39)31-22-8-4-7-21(30)16-22/h1-12,16,23,27H,13-15,17H2,(H,31,39)(H,32,38)(H,36,37). The SMILES string of the molecule is O=C(O)CC(NC(=O)C1N(C(=O)Cc2ccccc2)CCN1C(=O)Nc1cccc(F)c1)c1ccc(F)cc1. The summed E-state index contributed by atoms with van der Waals surface area (Å²) in [5.41, 5.74) is 1.20. The van der Waals surface area contributed by atoms with E-state index >= 15 is 0 Å². The average Bonchev–Trinajstić information content (AvgIpc) is 3.35. The Morgan fingerprint density at radius 3 is 2.23 bits per heavy atom. The summed E-state index contributed by atoms with van der Waals surface area (Å²) in [5.74, 6) is -3.53. The molecular weight excluding hydrogens is 510 g/mol. The van der Waals surface area contributed by atoms with Crippen molar-refractivity contribution in [2.75, 3.05) is 18.4 Å². The molecule has 2 unspecified atom stereocenters. The molecule has 3 aromatic carbocycles. The minimum atomic E-state index is -1.41. The highest BCUT2D eigenvalue weighted by Crippen LogP contribution is 2.23. The minimum Gasteiger partial charge on any atom is -0.481 e. The van der Waals surface area contributed by atoms with E-state index in [4.69, 9.17) is 0 Å². The monoisotopic (exact) mass is 536 g/mol. The van der Waals surface area contributed by atoms with Crippen molar-refractivity contribution in [2.24, 2.45) is 0 Å². The van der Waals surface area contributed by atoms with Gasteiger partial charge in [-0.1, -0.05) is 48.5 Å². The maximum absolute atomic E-state index is 13.7. The number of carbonyl (C=O) groups excluding carboxylic acids is 3. The lowest BCUT2D eigenvalue weighted by molar-refractivity contribution is -0.142. The maximum atomic E-state index is 13.7. The first-order valence-electron chi connectivity index (χ1n) is 12.2. The molecule has 4 amide bonds. The Balaban J connectivity index is 1.60. The predicted octanol–water partition coefficient (Wildman–Crippen LogP) is 3.54. The second-order valence-corrected chi connectivity index (χ2v) is 8.97. The number of benzene rings is 3. The van der Waals surface area contributed by atoms with Crippen molar-refractivity contribution in [1.29, 1.82) is 0 Å². The van der Waals surface area contributed by atoms with E-state index in [1.54, 1.807) is 30.3 Å². The normalized spacial score (nSPS) is 15.5. The summed E-state index contributed by atoms with van der Waals surface area (Å²) in [6.45, 7) is 0.0420. The topological polar surface area (TPSA) is 119 Å². The third kappa shape index (κ3) is 6.95. The summed E-state index contributed by atoms with van der Waals surface area (Å²) in [6, 6.07) is 17.3. The van der Waals surface area contributed by atoms with Crippen LogP contribution >= 0.6 is 0 Å². The second kappa shape index (κ2) is 12.2. The molecule has 0 aliphatic carbocycles. The van der Waals surface area contributed by atoms with Crippen LogP contribution in [0.3, 0.4) is 0 Å². The fourth-order valence-corrected chi connectivity index (χ4v) is 4.39. The van der Waals surface area contributed by atoms with Gasteiger partial charge in [0.15, 0.2) is 6.17 Å². The Morgan fingerprint density at radius 1 is 0.872 bits per heavy atom. The molecule has 0 aromatic heterocycles. The number of urea groups is 1. The van der Waals surface area contributed by atoms with Gasteiger partial charge in [0.05, 0.1) is 18.9 Å². The number of anilines is 1. The third-order valence-electron chi connectivity index (χ3n) is 6.23. The number of rotatable bonds is 8. The Hall–Kier alpha value is -4.80. The van der Waals surface area contributed by atoms with Crippen molar-refractivity contribution in [3.05, 3.63) is 102 Å². The Kier molecular flexibility index (Phi) is 8.50. The van der Waals surface area contributed by atoms with Crippen LogP contribution in [0.25, 0.3) is 0 Å². The van der Waals surface area contributed by atoms with E-state index in [1.165, 1.54) is 35.2 Å². The van der Waals surface area contributed by atoms with E-state index in [0.717, 1.165) is 23.1 Å². The summed E-state index contributed by atoms with van der Waals surface area (Å²) < 4.78 is 27.1. The average molecular weight is 537 g/mol. The van der Waals surface area contributed by atoms with Crippen LogP contribution in [0.1, 0.15) is 23.6 Å². The summed E-state index contributed by atoms with van der Waals surface area (Å²) in [7, 11) is 0. The van der Waals surface area contributed by atoms with Gasteiger partial charge >= 0.3 is 12.0 Å². The summed E-state index contributed by atoms with van der Waals surface area (Å²) >= 11 is 0. The lowest BCUT2D eigenvalue weighted by Gasteiger charge is -2.31. The van der Waals surface area contributed by atoms with Gasteiger partial charge in [-0.3, -0.25) is 19.3 Å². The zero-order valence-electron chi connectivity index (χ0n) is 20.7. The van der Waals surface area contributed by atoms with Gasteiger partial charge in [-0.05, 0) is 41.5 Å². The number of amides is 4. The minimum absolute atomic E-state index is 0.0000884. The highest BCUT2D eigenvalue weighted by atomic mass is 19.1. The first-order chi connectivity index (χ1) is 18.7. The molecule has 4 rings (SSSR count). The van der Waals surface area contributed by atoms with Crippen molar-refractivity contribution in [3.8, 4) is 0 Å². The first kappa shape index (κ1) is 27.2. The zero-order chi connectivity index (χ0) is 27.9. The van der Waals surface area contributed by atoms with Gasteiger partial charge in [0.2, 0.25) is 5.91 Å². The van der Waals surface area contributed by atoms with Crippen LogP contribution < -0.4 is 10.6 Å². The van der Waals surface area contributed by atoms with Gasteiger partial charge in [0.1, 0.15) is 11.6 Å². The molecule has 3 aromatic rings. The van der Waals surface area contributed by atoms with Crippen LogP contribution in [0.5, 0.6) is 0 Å². The number of hydrogen-bond donors (Lipinski definition) is 3. The zero-order valence-corrected chi connectivity index (χ0v) is 20.7. The van der Waals surface area contributed by atoms with Crippen molar-refractivity contribution >= 4 is 29.5 Å². The van der Waals surface area contributed by atoms with Crippen LogP contribution in [0.2, 0.25) is 0 Å². The summed E-state index contributed by atoms with van der Waals surface area (Å²) in [4.78, 5) is 54.0. The van der Waals surface area contributed by atoms with E-state index in [0.29, 0.717) is 11.1 Å². The highest BCUT2D eigenvalue weighted by Gasteiger charge is 2.43. The molecule has 1 heterocycles.